The molecule has 0 saturated carbocycles. The van der Waals surface area contributed by atoms with Gasteiger partial charge in [-0.15, -0.1) is 0 Å². The van der Waals surface area contributed by atoms with E-state index < -0.39 is 0 Å². The van der Waals surface area contributed by atoms with Gasteiger partial charge in [0.15, 0.2) is 0 Å². The van der Waals surface area contributed by atoms with E-state index in [2.05, 4.69) is 0 Å². The minimum absolute atomic E-state index is 0.0166. The molecule has 1 unspecified atom stereocenters. The van der Waals surface area contributed by atoms with Crippen LogP contribution in [0.1, 0.15) is 17.2 Å². The summed E-state index contributed by atoms with van der Waals surface area (Å²) < 4.78 is 5.12. The predicted octanol–water partition coefficient (Wildman–Crippen LogP) is 3.59. The highest BCUT2D eigenvalue weighted by Crippen LogP contribution is 2.20. The zero-order valence-corrected chi connectivity index (χ0v) is 11.0. The minimum atomic E-state index is -0.0166. The molecule has 0 saturated heterocycles. The maximum atomic E-state index is 6.18. The Morgan fingerprint density at radius 3 is 2.22 bits per heavy atom. The number of nitrogens with two attached hydrogens (primary N) is 1. The van der Waals surface area contributed by atoms with Gasteiger partial charge in [0.25, 0.3) is 0 Å². The smallest absolute Gasteiger partial charge is 0.118 e. The third kappa shape index (κ3) is 3.25. The van der Waals surface area contributed by atoms with Crippen molar-refractivity contribution in [3.8, 4) is 5.75 Å². The molecule has 0 heterocycles. The summed E-state index contributed by atoms with van der Waals surface area (Å²) in [5.74, 6) is 0.845. The van der Waals surface area contributed by atoms with Crippen molar-refractivity contribution in [2.24, 2.45) is 5.73 Å². The van der Waals surface area contributed by atoms with Crippen LogP contribution in [-0.4, -0.2) is 7.11 Å². The van der Waals surface area contributed by atoms with Crippen molar-refractivity contribution in [3.05, 3.63) is 64.7 Å². The van der Waals surface area contributed by atoms with Crippen LogP contribution in [0.4, 0.5) is 0 Å². The third-order valence-electron chi connectivity index (χ3n) is 2.91. The zero-order chi connectivity index (χ0) is 13.0. The molecular formula is C15H16ClNO. The lowest BCUT2D eigenvalue weighted by molar-refractivity contribution is 0.414. The number of rotatable bonds is 4. The van der Waals surface area contributed by atoms with Gasteiger partial charge in [-0.2, -0.15) is 0 Å². The zero-order valence-electron chi connectivity index (χ0n) is 10.3. The Balaban J connectivity index is 2.06. The first kappa shape index (κ1) is 12.9. The van der Waals surface area contributed by atoms with Crippen LogP contribution in [0.3, 0.4) is 0 Å². The molecule has 0 aliphatic rings. The quantitative estimate of drug-likeness (QED) is 0.913. The normalized spacial score (nSPS) is 12.2. The van der Waals surface area contributed by atoms with Crippen molar-refractivity contribution in [3.63, 3.8) is 0 Å². The van der Waals surface area contributed by atoms with Crippen molar-refractivity contribution >= 4 is 11.6 Å². The first-order chi connectivity index (χ1) is 8.69. The van der Waals surface area contributed by atoms with Gasteiger partial charge < -0.3 is 10.5 Å². The molecule has 3 heteroatoms. The summed E-state index contributed by atoms with van der Waals surface area (Å²) in [7, 11) is 1.66. The van der Waals surface area contributed by atoms with Gasteiger partial charge >= 0.3 is 0 Å². The molecule has 2 aromatic rings. The number of methoxy groups -OCH3 is 1. The highest BCUT2D eigenvalue weighted by Gasteiger charge is 2.07. The average molecular weight is 262 g/mol. The second-order valence-corrected chi connectivity index (χ2v) is 4.65. The summed E-state index contributed by atoms with van der Waals surface area (Å²) in [6.07, 6.45) is 0.795. The lowest BCUT2D eigenvalue weighted by Crippen LogP contribution is -2.13. The largest absolute Gasteiger partial charge is 0.497 e. The maximum absolute atomic E-state index is 6.18. The number of halogens is 1. The lowest BCUT2D eigenvalue weighted by Gasteiger charge is -2.12. The van der Waals surface area contributed by atoms with E-state index in [1.54, 1.807) is 7.11 Å². The van der Waals surface area contributed by atoms with Gasteiger partial charge in [0, 0.05) is 11.1 Å². The number of benzene rings is 2. The van der Waals surface area contributed by atoms with Crippen LogP contribution < -0.4 is 10.5 Å². The first-order valence-electron chi connectivity index (χ1n) is 5.83. The van der Waals surface area contributed by atoms with Crippen molar-refractivity contribution in [2.45, 2.75) is 12.5 Å². The van der Waals surface area contributed by atoms with Crippen LogP contribution in [0.15, 0.2) is 48.5 Å². The van der Waals surface area contributed by atoms with Gasteiger partial charge in [-0.25, -0.2) is 0 Å². The molecule has 1 atom stereocenters. The third-order valence-corrected chi connectivity index (χ3v) is 3.16. The Bertz CT molecular complexity index is 493. The SMILES string of the molecule is COc1ccc(C(N)Cc2ccc(Cl)cc2)cc1. The fraction of sp³-hybridized carbons (Fsp3) is 0.200. The molecule has 0 bridgehead atoms. The molecule has 0 aliphatic carbocycles. The van der Waals surface area contributed by atoms with Gasteiger partial charge in [-0.1, -0.05) is 35.9 Å². The van der Waals surface area contributed by atoms with E-state index in [4.69, 9.17) is 22.1 Å². The van der Waals surface area contributed by atoms with Crippen molar-refractivity contribution < 1.29 is 4.74 Å². The summed E-state index contributed by atoms with van der Waals surface area (Å²) in [5, 5.41) is 0.747. The Labute approximate surface area is 112 Å². The van der Waals surface area contributed by atoms with Crippen LogP contribution in [0.5, 0.6) is 5.75 Å². The van der Waals surface area contributed by atoms with E-state index in [9.17, 15) is 0 Å². The Hall–Kier alpha value is -1.51. The van der Waals surface area contributed by atoms with Gasteiger partial charge in [-0.3, -0.25) is 0 Å². The van der Waals surface area contributed by atoms with Crippen molar-refractivity contribution in [1.29, 1.82) is 0 Å². The molecule has 0 amide bonds. The number of hydrogen-bond acceptors (Lipinski definition) is 2. The highest BCUT2D eigenvalue weighted by molar-refractivity contribution is 6.30. The van der Waals surface area contributed by atoms with Crippen molar-refractivity contribution in [1.82, 2.24) is 0 Å². The van der Waals surface area contributed by atoms with E-state index in [0.29, 0.717) is 0 Å². The predicted molar refractivity (Wildman–Crippen MR) is 75.1 cm³/mol. The molecule has 2 rings (SSSR count). The fourth-order valence-corrected chi connectivity index (χ4v) is 1.97. The van der Waals surface area contributed by atoms with Gasteiger partial charge in [-0.05, 0) is 41.8 Å². The number of ether oxygens (including phenoxy) is 1. The van der Waals surface area contributed by atoms with Gasteiger partial charge in [0.05, 0.1) is 7.11 Å². The number of hydrogen-bond donors (Lipinski definition) is 1. The molecular weight excluding hydrogens is 246 g/mol. The summed E-state index contributed by atoms with van der Waals surface area (Å²) in [4.78, 5) is 0. The van der Waals surface area contributed by atoms with Gasteiger partial charge in [0.2, 0.25) is 0 Å². The van der Waals surface area contributed by atoms with Crippen molar-refractivity contribution in [2.75, 3.05) is 7.11 Å². The van der Waals surface area contributed by atoms with E-state index in [1.807, 2.05) is 48.5 Å². The highest BCUT2D eigenvalue weighted by atomic mass is 35.5. The Morgan fingerprint density at radius 2 is 1.67 bits per heavy atom. The summed E-state index contributed by atoms with van der Waals surface area (Å²) in [6, 6.07) is 15.6. The molecule has 2 N–H and O–H groups in total. The maximum Gasteiger partial charge on any atom is 0.118 e. The lowest BCUT2D eigenvalue weighted by atomic mass is 10.00. The van der Waals surface area contributed by atoms with Crippen LogP contribution in [0, 0.1) is 0 Å². The van der Waals surface area contributed by atoms with Crippen LogP contribution in [0.25, 0.3) is 0 Å². The van der Waals surface area contributed by atoms with Crippen LogP contribution in [-0.2, 0) is 6.42 Å². The summed E-state index contributed by atoms with van der Waals surface area (Å²) in [5.41, 5.74) is 8.47. The Morgan fingerprint density at radius 1 is 1.06 bits per heavy atom. The molecule has 18 heavy (non-hydrogen) atoms. The second kappa shape index (κ2) is 5.89. The Kier molecular flexibility index (Phi) is 4.24. The molecule has 2 nitrogen and oxygen atoms in total. The fourth-order valence-electron chi connectivity index (χ4n) is 1.84. The van der Waals surface area contributed by atoms with Crippen LogP contribution in [0.2, 0.25) is 5.02 Å². The second-order valence-electron chi connectivity index (χ2n) is 4.21. The van der Waals surface area contributed by atoms with E-state index in [1.165, 1.54) is 5.56 Å². The topological polar surface area (TPSA) is 35.2 Å². The van der Waals surface area contributed by atoms with Gasteiger partial charge in [0.1, 0.15) is 5.75 Å². The molecule has 0 radical (unpaired) electrons. The monoisotopic (exact) mass is 261 g/mol. The van der Waals surface area contributed by atoms with E-state index in [-0.39, 0.29) is 6.04 Å². The summed E-state index contributed by atoms with van der Waals surface area (Å²) >= 11 is 5.85. The molecule has 0 aliphatic heterocycles. The standard InChI is InChI=1S/C15H16ClNO/c1-18-14-8-4-12(5-9-14)15(17)10-11-2-6-13(16)7-3-11/h2-9,15H,10,17H2,1H3. The molecule has 0 spiro atoms. The minimum Gasteiger partial charge on any atom is -0.497 e. The van der Waals surface area contributed by atoms with Crippen LogP contribution >= 0.6 is 11.6 Å². The molecule has 2 aromatic carbocycles. The molecule has 94 valence electrons. The first-order valence-corrected chi connectivity index (χ1v) is 6.21. The van der Waals surface area contributed by atoms with E-state index >= 15 is 0 Å². The summed E-state index contributed by atoms with van der Waals surface area (Å²) in [6.45, 7) is 0. The molecule has 0 aromatic heterocycles. The molecule has 0 fully saturated rings. The van der Waals surface area contributed by atoms with E-state index in [0.717, 1.165) is 22.8 Å². The average Bonchev–Trinajstić information content (AvgIpc) is 2.41.